The Morgan fingerprint density at radius 2 is 1.68 bits per heavy atom. The van der Waals surface area contributed by atoms with Gasteiger partial charge in [0.1, 0.15) is 0 Å². The number of carboxylic acid groups (broad SMARTS) is 1. The van der Waals surface area contributed by atoms with Crippen LogP contribution in [0.2, 0.25) is 0 Å². The van der Waals surface area contributed by atoms with Crippen molar-refractivity contribution < 1.29 is 9.90 Å². The maximum absolute atomic E-state index is 10.9. The minimum Gasteiger partial charge on any atom is -0.478 e. The van der Waals surface area contributed by atoms with Gasteiger partial charge < -0.3 is 5.11 Å². The highest BCUT2D eigenvalue weighted by atomic mass is 32.2. The molecule has 0 atom stereocenters. The van der Waals surface area contributed by atoms with E-state index in [-0.39, 0.29) is 0 Å². The molecule has 2 aromatic carbocycles. The minimum atomic E-state index is -0.932. The summed E-state index contributed by atoms with van der Waals surface area (Å²) < 4.78 is 0. The number of carboxylic acids is 1. The van der Waals surface area contributed by atoms with E-state index in [1.807, 2.05) is 61.5 Å². The van der Waals surface area contributed by atoms with Crippen LogP contribution in [-0.2, 0) is 4.79 Å². The van der Waals surface area contributed by atoms with E-state index in [0.717, 1.165) is 15.4 Å². The van der Waals surface area contributed by atoms with Gasteiger partial charge in [-0.2, -0.15) is 0 Å². The van der Waals surface area contributed by atoms with Gasteiger partial charge in [0.25, 0.3) is 0 Å². The van der Waals surface area contributed by atoms with Crippen molar-refractivity contribution in [2.75, 3.05) is 0 Å². The van der Waals surface area contributed by atoms with Gasteiger partial charge in [-0.3, -0.25) is 0 Å². The van der Waals surface area contributed by atoms with E-state index in [4.69, 9.17) is 5.11 Å². The summed E-state index contributed by atoms with van der Waals surface area (Å²) in [7, 11) is 0. The van der Waals surface area contributed by atoms with E-state index in [2.05, 4.69) is 0 Å². The van der Waals surface area contributed by atoms with Crippen molar-refractivity contribution in [2.24, 2.45) is 0 Å². The maximum Gasteiger partial charge on any atom is 0.329 e. The topological polar surface area (TPSA) is 37.3 Å². The zero-order chi connectivity index (χ0) is 13.7. The third-order valence-electron chi connectivity index (χ3n) is 2.56. The predicted octanol–water partition coefficient (Wildman–Crippen LogP) is 4.21. The van der Waals surface area contributed by atoms with Gasteiger partial charge in [-0.15, -0.1) is 0 Å². The number of thioether (sulfide) groups is 1. The third kappa shape index (κ3) is 4.00. The maximum atomic E-state index is 10.9. The Balaban J connectivity index is 2.30. The molecular formula is C16H14O2S. The normalized spacial score (nSPS) is 11.3. The summed E-state index contributed by atoms with van der Waals surface area (Å²) in [5, 5.41) is 8.98. The Labute approximate surface area is 116 Å². The Bertz CT molecular complexity index is 586. The van der Waals surface area contributed by atoms with E-state index < -0.39 is 5.97 Å². The second-order valence-corrected chi connectivity index (χ2v) is 5.24. The molecule has 2 nitrogen and oxygen atoms in total. The van der Waals surface area contributed by atoms with Crippen LogP contribution < -0.4 is 0 Å². The molecule has 0 radical (unpaired) electrons. The summed E-state index contributed by atoms with van der Waals surface area (Å²) in [6, 6.07) is 17.6. The van der Waals surface area contributed by atoms with Gasteiger partial charge in [0.15, 0.2) is 0 Å². The zero-order valence-electron chi connectivity index (χ0n) is 10.5. The van der Waals surface area contributed by atoms with Gasteiger partial charge in [0.05, 0.1) is 0 Å². The predicted molar refractivity (Wildman–Crippen MR) is 79.1 cm³/mol. The summed E-state index contributed by atoms with van der Waals surface area (Å²) in [6.45, 7) is 2.03. The SMILES string of the molecule is Cc1ccc(S/C(=C\C(=O)O)c2ccccc2)cc1. The monoisotopic (exact) mass is 270 g/mol. The van der Waals surface area contributed by atoms with Crippen LogP contribution in [-0.4, -0.2) is 11.1 Å². The molecular weight excluding hydrogens is 256 g/mol. The molecule has 2 rings (SSSR count). The van der Waals surface area contributed by atoms with E-state index in [0.29, 0.717) is 0 Å². The smallest absolute Gasteiger partial charge is 0.329 e. The lowest BCUT2D eigenvalue weighted by atomic mass is 10.2. The number of benzene rings is 2. The lowest BCUT2D eigenvalue weighted by Gasteiger charge is -2.07. The summed E-state index contributed by atoms with van der Waals surface area (Å²) in [5.74, 6) is -0.932. The van der Waals surface area contributed by atoms with Gasteiger partial charge in [-0.1, -0.05) is 59.8 Å². The largest absolute Gasteiger partial charge is 0.478 e. The first kappa shape index (κ1) is 13.4. The molecule has 0 spiro atoms. The van der Waals surface area contributed by atoms with Crippen molar-refractivity contribution in [3.05, 3.63) is 71.8 Å². The van der Waals surface area contributed by atoms with Crippen LogP contribution >= 0.6 is 11.8 Å². The molecule has 0 heterocycles. The molecule has 0 aromatic heterocycles. The first-order chi connectivity index (χ1) is 9.15. The molecule has 0 bridgehead atoms. The molecule has 96 valence electrons. The van der Waals surface area contributed by atoms with Crippen LogP contribution in [0.25, 0.3) is 4.91 Å². The number of carbonyl (C=O) groups is 1. The summed E-state index contributed by atoms with van der Waals surface area (Å²) in [5.41, 5.74) is 2.10. The van der Waals surface area contributed by atoms with Crippen molar-refractivity contribution >= 4 is 22.6 Å². The summed E-state index contributed by atoms with van der Waals surface area (Å²) in [6.07, 6.45) is 1.25. The summed E-state index contributed by atoms with van der Waals surface area (Å²) in [4.78, 5) is 12.7. The lowest BCUT2D eigenvalue weighted by Crippen LogP contribution is -1.90. The molecule has 2 aromatic rings. The second kappa shape index (κ2) is 6.25. The van der Waals surface area contributed by atoms with Crippen LogP contribution in [0.1, 0.15) is 11.1 Å². The minimum absolute atomic E-state index is 0.733. The number of rotatable bonds is 4. The molecule has 0 aliphatic rings. The molecule has 0 aliphatic carbocycles. The van der Waals surface area contributed by atoms with Gasteiger partial charge >= 0.3 is 5.97 Å². The van der Waals surface area contributed by atoms with Crippen molar-refractivity contribution in [2.45, 2.75) is 11.8 Å². The molecule has 3 heteroatoms. The fourth-order valence-electron chi connectivity index (χ4n) is 1.62. The molecule has 0 aliphatic heterocycles. The first-order valence-corrected chi connectivity index (χ1v) is 6.71. The van der Waals surface area contributed by atoms with Crippen LogP contribution in [0.4, 0.5) is 0 Å². The Morgan fingerprint density at radius 1 is 1.05 bits per heavy atom. The highest BCUT2D eigenvalue weighted by molar-refractivity contribution is 8.08. The lowest BCUT2D eigenvalue weighted by molar-refractivity contribution is -0.131. The van der Waals surface area contributed by atoms with E-state index >= 15 is 0 Å². The van der Waals surface area contributed by atoms with E-state index in [1.165, 1.54) is 23.4 Å². The standard InChI is InChI=1S/C16H14O2S/c1-12-7-9-14(10-8-12)19-15(11-16(17)18)13-5-3-2-4-6-13/h2-11H,1H3,(H,17,18)/b15-11-. The number of aryl methyl sites for hydroxylation is 1. The Hall–Kier alpha value is -2.00. The van der Waals surface area contributed by atoms with Crippen LogP contribution in [0.3, 0.4) is 0 Å². The molecule has 19 heavy (non-hydrogen) atoms. The number of hydrogen-bond acceptors (Lipinski definition) is 2. The van der Waals surface area contributed by atoms with Gasteiger partial charge in [-0.05, 0) is 24.6 Å². The third-order valence-corrected chi connectivity index (χ3v) is 3.64. The van der Waals surface area contributed by atoms with Crippen molar-refractivity contribution in [1.82, 2.24) is 0 Å². The van der Waals surface area contributed by atoms with Gasteiger partial charge in [0, 0.05) is 15.9 Å². The second-order valence-electron chi connectivity index (χ2n) is 4.13. The van der Waals surface area contributed by atoms with E-state index in [1.54, 1.807) is 0 Å². The zero-order valence-corrected chi connectivity index (χ0v) is 11.4. The number of hydrogen-bond donors (Lipinski definition) is 1. The molecule has 0 unspecified atom stereocenters. The molecule has 0 saturated heterocycles. The van der Waals surface area contributed by atoms with Crippen molar-refractivity contribution in [3.8, 4) is 0 Å². The highest BCUT2D eigenvalue weighted by Gasteiger charge is 2.06. The molecule has 1 N–H and O–H groups in total. The average Bonchev–Trinajstić information content (AvgIpc) is 2.41. The van der Waals surface area contributed by atoms with Gasteiger partial charge in [0.2, 0.25) is 0 Å². The highest BCUT2D eigenvalue weighted by Crippen LogP contribution is 2.34. The van der Waals surface area contributed by atoms with Crippen LogP contribution in [0.5, 0.6) is 0 Å². The van der Waals surface area contributed by atoms with Crippen molar-refractivity contribution in [1.29, 1.82) is 0 Å². The summed E-state index contributed by atoms with van der Waals surface area (Å²) >= 11 is 1.46. The van der Waals surface area contributed by atoms with Crippen LogP contribution in [0, 0.1) is 6.92 Å². The fourth-order valence-corrected chi connectivity index (χ4v) is 2.56. The quantitative estimate of drug-likeness (QED) is 0.668. The fraction of sp³-hybridized carbons (Fsp3) is 0.0625. The molecule has 0 fully saturated rings. The Morgan fingerprint density at radius 3 is 2.26 bits per heavy atom. The number of aliphatic carboxylic acids is 1. The first-order valence-electron chi connectivity index (χ1n) is 5.90. The van der Waals surface area contributed by atoms with E-state index in [9.17, 15) is 4.79 Å². The van der Waals surface area contributed by atoms with Crippen molar-refractivity contribution in [3.63, 3.8) is 0 Å². The molecule has 0 saturated carbocycles. The van der Waals surface area contributed by atoms with Gasteiger partial charge in [-0.25, -0.2) is 4.79 Å². The molecule has 0 amide bonds. The average molecular weight is 270 g/mol. The van der Waals surface area contributed by atoms with Crippen LogP contribution in [0.15, 0.2) is 65.6 Å². The Kier molecular flexibility index (Phi) is 4.42.